The molecule has 7 heteroatoms. The van der Waals surface area contributed by atoms with Crippen LogP contribution < -0.4 is 14.2 Å². The molecule has 7 nitrogen and oxygen atoms in total. The van der Waals surface area contributed by atoms with Gasteiger partial charge in [-0.2, -0.15) is 10.2 Å². The average Bonchev–Trinajstić information content (AvgIpc) is 3.05. The Hall–Kier alpha value is -5.01. The summed E-state index contributed by atoms with van der Waals surface area (Å²) in [6, 6.07) is 35.7. The van der Waals surface area contributed by atoms with Gasteiger partial charge in [-0.3, -0.25) is 0 Å². The van der Waals surface area contributed by atoms with Gasteiger partial charge in [-0.15, -0.1) is 0 Å². The Morgan fingerprint density at radius 1 is 0.744 bits per heavy atom. The Morgan fingerprint density at radius 3 is 2.14 bits per heavy atom. The molecule has 2 heterocycles. The molecule has 1 unspecified atom stereocenters. The normalized spacial score (nSPS) is 16.0. The summed E-state index contributed by atoms with van der Waals surface area (Å²) in [7, 11) is 4.01. The molecule has 1 aliphatic rings. The predicted octanol–water partition coefficient (Wildman–Crippen LogP) is 8.58. The van der Waals surface area contributed by atoms with Crippen LogP contribution in [-0.2, 0) is 26.1 Å². The van der Waals surface area contributed by atoms with E-state index in [0.717, 1.165) is 59.0 Å². The van der Waals surface area contributed by atoms with Gasteiger partial charge < -0.3 is 18.7 Å². The molecule has 6 rings (SSSR count). The molecule has 0 N–H and O–H groups in total. The Morgan fingerprint density at radius 2 is 1.44 bits per heavy atom. The molecular formula is C36H35N4O3+. The highest BCUT2D eigenvalue weighted by Crippen LogP contribution is 2.36. The molecule has 1 atom stereocenters. The molecule has 5 aromatic rings. The molecule has 0 saturated heterocycles. The van der Waals surface area contributed by atoms with Crippen molar-refractivity contribution in [2.45, 2.75) is 26.1 Å². The number of nitrogens with zero attached hydrogens (tertiary/aromatic N) is 4. The molecule has 216 valence electrons. The molecule has 0 bridgehead atoms. The van der Waals surface area contributed by atoms with Crippen molar-refractivity contribution < 1.29 is 18.7 Å². The highest BCUT2D eigenvalue weighted by atomic mass is 16.5. The van der Waals surface area contributed by atoms with Crippen molar-refractivity contribution in [3.8, 4) is 23.1 Å². The van der Waals surface area contributed by atoms with Crippen LogP contribution in [0.1, 0.15) is 22.3 Å². The molecule has 0 saturated carbocycles. The lowest BCUT2D eigenvalue weighted by Gasteiger charge is -2.39. The maximum atomic E-state index is 6.20. The summed E-state index contributed by atoms with van der Waals surface area (Å²) in [6.07, 6.45) is 2.90. The van der Waals surface area contributed by atoms with Gasteiger partial charge in [0.25, 0.3) is 0 Å². The number of methoxy groups -OCH3 is 1. The minimum absolute atomic E-state index is 0.506. The average molecular weight is 572 g/mol. The van der Waals surface area contributed by atoms with Crippen LogP contribution >= 0.6 is 0 Å². The third kappa shape index (κ3) is 7.26. The van der Waals surface area contributed by atoms with E-state index in [9.17, 15) is 0 Å². The molecular weight excluding hydrogens is 536 g/mol. The largest absolute Gasteiger partial charge is 0.493 e. The Balaban J connectivity index is 1.07. The van der Waals surface area contributed by atoms with Gasteiger partial charge in [-0.1, -0.05) is 48.5 Å². The number of hydrogen-bond donors (Lipinski definition) is 0. The quantitative estimate of drug-likeness (QED) is 0.124. The summed E-state index contributed by atoms with van der Waals surface area (Å²) in [5.41, 5.74) is 6.50. The van der Waals surface area contributed by atoms with Crippen molar-refractivity contribution in [3.05, 3.63) is 138 Å². The molecule has 1 aromatic heterocycles. The number of ether oxygens (including phenoxy) is 3. The van der Waals surface area contributed by atoms with Crippen molar-refractivity contribution >= 4 is 11.4 Å². The van der Waals surface area contributed by atoms with Crippen LogP contribution in [-0.4, -0.2) is 30.2 Å². The summed E-state index contributed by atoms with van der Waals surface area (Å²) in [5.74, 6) is 2.83. The van der Waals surface area contributed by atoms with E-state index >= 15 is 0 Å². The van der Waals surface area contributed by atoms with E-state index in [-0.39, 0.29) is 0 Å². The number of azo groups is 1. The van der Waals surface area contributed by atoms with E-state index in [1.165, 1.54) is 16.7 Å². The Kier molecular flexibility index (Phi) is 8.42. The Bertz CT molecular complexity index is 1670. The van der Waals surface area contributed by atoms with Crippen LogP contribution in [0.3, 0.4) is 0 Å². The van der Waals surface area contributed by atoms with Crippen LogP contribution in [0.5, 0.6) is 23.1 Å². The van der Waals surface area contributed by atoms with Gasteiger partial charge in [0.1, 0.15) is 25.4 Å². The predicted molar refractivity (Wildman–Crippen MR) is 167 cm³/mol. The fourth-order valence-electron chi connectivity index (χ4n) is 5.36. The summed E-state index contributed by atoms with van der Waals surface area (Å²) in [6.45, 7) is 3.33. The zero-order chi connectivity index (χ0) is 29.5. The lowest BCUT2D eigenvalue weighted by Crippen LogP contribution is -2.46. The third-order valence-electron chi connectivity index (χ3n) is 7.65. The van der Waals surface area contributed by atoms with E-state index in [1.807, 2.05) is 85.1 Å². The fraction of sp³-hybridized carbons (Fsp3) is 0.194. The van der Waals surface area contributed by atoms with Gasteiger partial charge in [0, 0.05) is 29.8 Å². The number of fused-ring (bicyclic) bond motifs is 1. The van der Waals surface area contributed by atoms with Gasteiger partial charge in [0.2, 0.25) is 5.88 Å². The van der Waals surface area contributed by atoms with Gasteiger partial charge >= 0.3 is 0 Å². The first-order valence-electron chi connectivity index (χ1n) is 14.4. The number of likely N-dealkylation sites (N-methyl/N-ethyl adjacent to an activating group) is 1. The molecule has 43 heavy (non-hydrogen) atoms. The number of benzene rings is 4. The monoisotopic (exact) mass is 571 g/mol. The smallest absolute Gasteiger partial charge is 0.219 e. The molecule has 1 aliphatic heterocycles. The van der Waals surface area contributed by atoms with Gasteiger partial charge in [0.05, 0.1) is 32.1 Å². The van der Waals surface area contributed by atoms with Crippen molar-refractivity contribution in [1.82, 2.24) is 4.98 Å². The molecule has 0 aliphatic carbocycles. The number of hydrogen-bond acceptors (Lipinski definition) is 6. The zero-order valence-corrected chi connectivity index (χ0v) is 24.5. The van der Waals surface area contributed by atoms with Crippen molar-refractivity contribution in [3.63, 3.8) is 0 Å². The maximum absolute atomic E-state index is 6.20. The third-order valence-corrected chi connectivity index (χ3v) is 7.65. The second kappa shape index (κ2) is 12.9. The minimum Gasteiger partial charge on any atom is -0.493 e. The number of pyridine rings is 1. The first kappa shape index (κ1) is 28.1. The molecule has 0 spiro atoms. The maximum Gasteiger partial charge on any atom is 0.219 e. The topological polar surface area (TPSA) is 65.3 Å². The standard InChI is InChI=1S/C36H35N4O3/c1-40(20-19-29-21-34(41-2)35(22-30(29)25-40)42-26-27-9-5-3-6-10-27)24-28-13-18-36(37-23-28)43-33-16-14-32(15-17-33)39-38-31-11-7-4-8-12-31/h3-18,21-23H,19-20,24-26H2,1-2H3/q+1. The number of rotatable bonds is 10. The van der Waals surface area contributed by atoms with Crippen LogP contribution in [0.2, 0.25) is 0 Å². The highest BCUT2D eigenvalue weighted by molar-refractivity contribution is 5.48. The Labute approximate surface area is 252 Å². The van der Waals surface area contributed by atoms with E-state index in [1.54, 1.807) is 7.11 Å². The lowest BCUT2D eigenvalue weighted by molar-refractivity contribution is -0.937. The van der Waals surface area contributed by atoms with Crippen molar-refractivity contribution in [2.24, 2.45) is 10.2 Å². The highest BCUT2D eigenvalue weighted by Gasteiger charge is 2.30. The first-order chi connectivity index (χ1) is 21.0. The SMILES string of the molecule is COc1cc2c(cc1OCc1ccccc1)C[N+](C)(Cc1ccc(Oc3ccc(N=Nc4ccccc4)cc3)nc1)CC2. The second-order valence-corrected chi connectivity index (χ2v) is 11.1. The van der Waals surface area contributed by atoms with Gasteiger partial charge in [-0.05, 0) is 65.7 Å². The van der Waals surface area contributed by atoms with Crippen LogP contribution in [0.15, 0.2) is 126 Å². The summed E-state index contributed by atoms with van der Waals surface area (Å²) in [5, 5.41) is 8.54. The molecule has 0 amide bonds. The van der Waals surface area contributed by atoms with Crippen LogP contribution in [0.25, 0.3) is 0 Å². The first-order valence-corrected chi connectivity index (χ1v) is 14.4. The van der Waals surface area contributed by atoms with Gasteiger partial charge in [-0.25, -0.2) is 4.98 Å². The fourth-order valence-corrected chi connectivity index (χ4v) is 5.36. The van der Waals surface area contributed by atoms with Crippen LogP contribution in [0.4, 0.5) is 11.4 Å². The molecule has 0 radical (unpaired) electrons. The number of quaternary nitrogens is 1. The van der Waals surface area contributed by atoms with Gasteiger partial charge in [0.15, 0.2) is 11.5 Å². The van der Waals surface area contributed by atoms with E-state index in [2.05, 4.69) is 52.6 Å². The van der Waals surface area contributed by atoms with E-state index in [4.69, 9.17) is 14.2 Å². The molecule has 0 fully saturated rings. The zero-order valence-electron chi connectivity index (χ0n) is 24.5. The van der Waals surface area contributed by atoms with E-state index in [0.29, 0.717) is 18.2 Å². The van der Waals surface area contributed by atoms with Crippen molar-refractivity contribution in [2.75, 3.05) is 20.7 Å². The lowest BCUT2D eigenvalue weighted by atomic mass is 9.96. The van der Waals surface area contributed by atoms with Crippen molar-refractivity contribution in [1.29, 1.82) is 0 Å². The minimum atomic E-state index is 0.506. The number of aromatic nitrogens is 1. The molecule has 4 aromatic carbocycles. The van der Waals surface area contributed by atoms with E-state index < -0.39 is 0 Å². The second-order valence-electron chi connectivity index (χ2n) is 11.1. The van der Waals surface area contributed by atoms with Crippen LogP contribution in [0, 0.1) is 0 Å². The summed E-state index contributed by atoms with van der Waals surface area (Å²) >= 11 is 0. The summed E-state index contributed by atoms with van der Waals surface area (Å²) < 4.78 is 18.8. The summed E-state index contributed by atoms with van der Waals surface area (Å²) in [4.78, 5) is 4.59.